The average molecular weight is 615 g/mol. The van der Waals surface area contributed by atoms with Crippen LogP contribution in [0.15, 0.2) is 127 Å². The smallest absolute Gasteiger partial charge is 0.333 e. The minimum atomic E-state index is -0.127. The van der Waals surface area contributed by atoms with Crippen LogP contribution in [-0.2, 0) is 5.41 Å². The Morgan fingerprint density at radius 1 is 0.596 bits per heavy atom. The standard InChI is InChI=1S/C43H27BN2S/c1-43(2)30-16-6-7-19-33(30)46-41-29(15-9-17-31(41)43)38-37-28-13-5-8-20-35(28)47-36(37)23-34-39(38)44(46)32-18-10-14-26-27-22-21-24-11-3-4-12-25(24)40(27)45(34)42(26)32/h3-23H,1-2H3. The highest BCUT2D eigenvalue weighted by Gasteiger charge is 2.49. The molecule has 0 saturated heterocycles. The van der Waals surface area contributed by atoms with Crippen LogP contribution in [0.2, 0.25) is 0 Å². The number of hydrogen-bond acceptors (Lipinski definition) is 2. The molecule has 0 aliphatic carbocycles. The van der Waals surface area contributed by atoms with E-state index in [2.05, 4.69) is 151 Å². The lowest BCUT2D eigenvalue weighted by molar-refractivity contribution is 0.634. The van der Waals surface area contributed by atoms with Crippen LogP contribution in [0.4, 0.5) is 11.4 Å². The van der Waals surface area contributed by atoms with Gasteiger partial charge in [-0.3, -0.25) is 0 Å². The molecule has 0 N–H and O–H groups in total. The van der Waals surface area contributed by atoms with Crippen LogP contribution in [0, 0.1) is 0 Å². The summed E-state index contributed by atoms with van der Waals surface area (Å²) in [6.07, 6.45) is 0. The highest BCUT2D eigenvalue weighted by atomic mass is 32.1. The largest absolute Gasteiger partial charge is 0.376 e. The highest BCUT2D eigenvalue weighted by Crippen LogP contribution is 2.57. The van der Waals surface area contributed by atoms with Gasteiger partial charge in [-0.05, 0) is 51.2 Å². The van der Waals surface area contributed by atoms with Crippen molar-refractivity contribution in [3.8, 4) is 16.8 Å². The molecule has 4 heteroatoms. The Morgan fingerprint density at radius 2 is 1.34 bits per heavy atom. The molecule has 3 aliphatic rings. The molecule has 218 valence electrons. The lowest BCUT2D eigenvalue weighted by Crippen LogP contribution is -2.62. The first-order valence-electron chi connectivity index (χ1n) is 16.6. The predicted octanol–water partition coefficient (Wildman–Crippen LogP) is 10.2. The van der Waals surface area contributed by atoms with Crippen LogP contribution in [0.5, 0.6) is 0 Å². The summed E-state index contributed by atoms with van der Waals surface area (Å²) in [5, 5.41) is 7.99. The van der Waals surface area contributed by atoms with Crippen molar-refractivity contribution in [2.24, 2.45) is 0 Å². The Balaban J connectivity index is 1.38. The van der Waals surface area contributed by atoms with E-state index >= 15 is 0 Å². The van der Waals surface area contributed by atoms with Crippen molar-refractivity contribution >= 4 is 93.2 Å². The van der Waals surface area contributed by atoms with E-state index in [4.69, 9.17) is 0 Å². The quantitative estimate of drug-likeness (QED) is 0.154. The summed E-state index contributed by atoms with van der Waals surface area (Å²) in [5.41, 5.74) is 14.9. The van der Waals surface area contributed by atoms with Crippen molar-refractivity contribution in [2.45, 2.75) is 19.3 Å². The summed E-state index contributed by atoms with van der Waals surface area (Å²) < 4.78 is 5.34. The van der Waals surface area contributed by atoms with E-state index in [-0.39, 0.29) is 12.3 Å². The molecule has 7 aromatic carbocycles. The van der Waals surface area contributed by atoms with Gasteiger partial charge in [0.25, 0.3) is 0 Å². The minimum absolute atomic E-state index is 0.0424. The molecule has 0 unspecified atom stereocenters. The van der Waals surface area contributed by atoms with Gasteiger partial charge in [0.2, 0.25) is 0 Å². The third-order valence-electron chi connectivity index (χ3n) is 11.5. The molecule has 0 saturated carbocycles. The molecule has 47 heavy (non-hydrogen) atoms. The number of aromatic nitrogens is 1. The SMILES string of the molecule is CC1(C)c2ccccc2N2B3c4c(cc5sc6ccccc6c5c4-c4cccc1c42)-n1c2c3cccc2c2ccc3ccccc3c21. The Labute approximate surface area is 276 Å². The van der Waals surface area contributed by atoms with E-state index in [0.29, 0.717) is 0 Å². The van der Waals surface area contributed by atoms with E-state index in [0.717, 1.165) is 0 Å². The van der Waals surface area contributed by atoms with Gasteiger partial charge in [0.15, 0.2) is 0 Å². The van der Waals surface area contributed by atoms with Crippen molar-refractivity contribution in [1.82, 2.24) is 4.57 Å². The van der Waals surface area contributed by atoms with Crippen molar-refractivity contribution in [3.63, 3.8) is 0 Å². The summed E-state index contributed by atoms with van der Waals surface area (Å²) in [7, 11) is 0. The molecule has 0 bridgehead atoms. The van der Waals surface area contributed by atoms with Crippen molar-refractivity contribution < 1.29 is 0 Å². The van der Waals surface area contributed by atoms with Crippen LogP contribution < -0.4 is 15.7 Å². The van der Waals surface area contributed by atoms with Crippen LogP contribution >= 0.6 is 11.3 Å². The Morgan fingerprint density at radius 3 is 2.28 bits per heavy atom. The summed E-state index contributed by atoms with van der Waals surface area (Å²) in [4.78, 5) is 2.71. The summed E-state index contributed by atoms with van der Waals surface area (Å²) in [6.45, 7) is 4.86. The number of hydrogen-bond donors (Lipinski definition) is 0. The summed E-state index contributed by atoms with van der Waals surface area (Å²) >= 11 is 1.93. The molecule has 0 fully saturated rings. The lowest BCUT2D eigenvalue weighted by atomic mass is 9.42. The second-order valence-corrected chi connectivity index (χ2v) is 15.1. The number of fused-ring (bicyclic) bond motifs is 15. The van der Waals surface area contributed by atoms with Gasteiger partial charge in [-0.1, -0.05) is 123 Å². The second kappa shape index (κ2) is 8.15. The monoisotopic (exact) mass is 614 g/mol. The maximum atomic E-state index is 2.71. The second-order valence-electron chi connectivity index (χ2n) is 14.0. The van der Waals surface area contributed by atoms with Crippen LogP contribution in [0.3, 0.4) is 0 Å². The molecule has 9 aromatic rings. The van der Waals surface area contributed by atoms with Gasteiger partial charge in [-0.15, -0.1) is 11.3 Å². The van der Waals surface area contributed by atoms with E-state index in [1.54, 1.807) is 0 Å². The van der Waals surface area contributed by atoms with Crippen LogP contribution in [-0.4, -0.2) is 11.4 Å². The zero-order valence-electron chi connectivity index (χ0n) is 26.0. The maximum Gasteiger partial charge on any atom is 0.333 e. The van der Waals surface area contributed by atoms with Gasteiger partial charge in [0, 0.05) is 64.4 Å². The average Bonchev–Trinajstić information content (AvgIpc) is 3.66. The first-order chi connectivity index (χ1) is 23.1. The van der Waals surface area contributed by atoms with Gasteiger partial charge in [0.1, 0.15) is 0 Å². The fourth-order valence-electron chi connectivity index (χ4n) is 9.62. The molecule has 2 nitrogen and oxygen atoms in total. The minimum Gasteiger partial charge on any atom is -0.376 e. The van der Waals surface area contributed by atoms with Gasteiger partial charge < -0.3 is 9.38 Å². The molecular weight excluding hydrogens is 587 g/mol. The molecule has 0 radical (unpaired) electrons. The first-order valence-corrected chi connectivity index (χ1v) is 17.4. The van der Waals surface area contributed by atoms with E-state index in [9.17, 15) is 0 Å². The third-order valence-corrected chi connectivity index (χ3v) is 12.6. The normalized spacial score (nSPS) is 15.1. The van der Waals surface area contributed by atoms with Crippen molar-refractivity contribution in [2.75, 3.05) is 4.81 Å². The molecule has 2 aromatic heterocycles. The molecule has 5 heterocycles. The van der Waals surface area contributed by atoms with Crippen molar-refractivity contribution in [1.29, 1.82) is 0 Å². The number of benzene rings is 7. The summed E-state index contributed by atoms with van der Waals surface area (Å²) in [5.74, 6) is 0. The number of para-hydroxylation sites is 3. The number of anilines is 2. The van der Waals surface area contributed by atoms with Gasteiger partial charge in [0.05, 0.1) is 11.0 Å². The predicted molar refractivity (Wildman–Crippen MR) is 202 cm³/mol. The van der Waals surface area contributed by atoms with Gasteiger partial charge in [-0.25, -0.2) is 0 Å². The fourth-order valence-corrected chi connectivity index (χ4v) is 10.8. The molecule has 12 rings (SSSR count). The molecule has 0 atom stereocenters. The van der Waals surface area contributed by atoms with Gasteiger partial charge in [-0.2, -0.15) is 0 Å². The van der Waals surface area contributed by atoms with Crippen molar-refractivity contribution in [3.05, 3.63) is 139 Å². The third kappa shape index (κ3) is 2.75. The van der Waals surface area contributed by atoms with E-state index in [1.165, 1.54) is 103 Å². The first kappa shape index (κ1) is 24.9. The Kier molecular flexibility index (Phi) is 4.31. The topological polar surface area (TPSA) is 8.17 Å². The highest BCUT2D eigenvalue weighted by molar-refractivity contribution is 7.26. The zero-order valence-corrected chi connectivity index (χ0v) is 26.8. The number of rotatable bonds is 0. The Hall–Kier alpha value is -5.32. The zero-order chi connectivity index (χ0) is 30.8. The Bertz CT molecular complexity index is 2910. The van der Waals surface area contributed by atoms with Crippen LogP contribution in [0.25, 0.3) is 69.6 Å². The van der Waals surface area contributed by atoms with Gasteiger partial charge >= 0.3 is 6.85 Å². The fraction of sp³-hybridized carbons (Fsp3) is 0.0698. The van der Waals surface area contributed by atoms with E-state index in [1.807, 2.05) is 11.3 Å². The van der Waals surface area contributed by atoms with Crippen LogP contribution in [0.1, 0.15) is 25.0 Å². The number of thiophene rings is 1. The molecule has 0 spiro atoms. The molecule has 0 amide bonds. The number of nitrogens with zero attached hydrogens (tertiary/aromatic N) is 2. The van der Waals surface area contributed by atoms with E-state index < -0.39 is 0 Å². The molecule has 3 aliphatic heterocycles. The lowest BCUT2D eigenvalue weighted by Gasteiger charge is -2.49. The summed E-state index contributed by atoms with van der Waals surface area (Å²) in [6, 6.07) is 48.4. The maximum absolute atomic E-state index is 2.71. The molecular formula is C43H27BN2S.